The lowest BCUT2D eigenvalue weighted by Crippen LogP contribution is -2.51. The summed E-state index contributed by atoms with van der Waals surface area (Å²) in [5.74, 6) is 0. The Morgan fingerprint density at radius 1 is 1.38 bits per heavy atom. The van der Waals surface area contributed by atoms with Crippen molar-refractivity contribution >= 4 is 12.4 Å². The molecule has 0 aromatic carbocycles. The minimum atomic E-state index is -0.527. The van der Waals surface area contributed by atoms with E-state index < -0.39 is 11.6 Å². The van der Waals surface area contributed by atoms with E-state index in [-0.39, 0.29) is 6.04 Å². The van der Waals surface area contributed by atoms with E-state index in [9.17, 15) is 9.59 Å². The molecule has 13 heavy (non-hydrogen) atoms. The monoisotopic (exact) mass is 185 g/mol. The van der Waals surface area contributed by atoms with Gasteiger partial charge in [-0.25, -0.2) is 4.79 Å². The SMILES string of the molecule is CC(C)NC(=O)N([C]=O)C(C)(C)C. The van der Waals surface area contributed by atoms with E-state index in [1.165, 1.54) is 0 Å². The van der Waals surface area contributed by atoms with E-state index in [4.69, 9.17) is 0 Å². The van der Waals surface area contributed by atoms with Crippen LogP contribution >= 0.6 is 0 Å². The zero-order chi connectivity index (χ0) is 10.6. The molecule has 1 N–H and O–H groups in total. The van der Waals surface area contributed by atoms with E-state index >= 15 is 0 Å². The van der Waals surface area contributed by atoms with Crippen molar-refractivity contribution < 1.29 is 9.59 Å². The molecule has 0 bridgehead atoms. The minimum absolute atomic E-state index is 0.0192. The van der Waals surface area contributed by atoms with Gasteiger partial charge < -0.3 is 5.32 Å². The number of carbonyl (C=O) groups is 1. The number of nitrogens with zero attached hydrogens (tertiary/aromatic N) is 1. The molecule has 0 spiro atoms. The van der Waals surface area contributed by atoms with Gasteiger partial charge >= 0.3 is 12.4 Å². The van der Waals surface area contributed by atoms with Gasteiger partial charge in [-0.1, -0.05) is 0 Å². The van der Waals surface area contributed by atoms with Crippen LogP contribution in [0, 0.1) is 0 Å². The molecule has 0 atom stereocenters. The Balaban J connectivity index is 4.42. The maximum atomic E-state index is 11.4. The summed E-state index contributed by atoms with van der Waals surface area (Å²) in [7, 11) is 0. The molecule has 0 aromatic heterocycles. The number of rotatable bonds is 2. The normalized spacial score (nSPS) is 11.2. The molecule has 3 amide bonds. The summed E-state index contributed by atoms with van der Waals surface area (Å²) >= 11 is 0. The van der Waals surface area contributed by atoms with Crippen molar-refractivity contribution in [3.63, 3.8) is 0 Å². The highest BCUT2D eigenvalue weighted by atomic mass is 16.2. The highest BCUT2D eigenvalue weighted by molar-refractivity contribution is 5.86. The Hall–Kier alpha value is -1.06. The van der Waals surface area contributed by atoms with Crippen LogP contribution in [0.2, 0.25) is 0 Å². The van der Waals surface area contributed by atoms with Crippen molar-refractivity contribution in [1.82, 2.24) is 10.2 Å². The largest absolute Gasteiger partial charge is 0.335 e. The molecular formula is C9H17N2O2. The first kappa shape index (κ1) is 11.9. The molecule has 0 aromatic rings. The van der Waals surface area contributed by atoms with Crippen molar-refractivity contribution in [3.05, 3.63) is 0 Å². The fourth-order valence-corrected chi connectivity index (χ4v) is 0.795. The van der Waals surface area contributed by atoms with Crippen LogP contribution in [-0.4, -0.2) is 28.9 Å². The number of urea groups is 1. The Kier molecular flexibility index (Phi) is 3.91. The van der Waals surface area contributed by atoms with Crippen molar-refractivity contribution in [1.29, 1.82) is 0 Å². The van der Waals surface area contributed by atoms with Crippen LogP contribution < -0.4 is 5.32 Å². The molecule has 4 nitrogen and oxygen atoms in total. The van der Waals surface area contributed by atoms with Crippen LogP contribution in [-0.2, 0) is 4.79 Å². The first-order valence-electron chi connectivity index (χ1n) is 4.27. The van der Waals surface area contributed by atoms with Gasteiger partial charge in [0.15, 0.2) is 0 Å². The molecule has 0 saturated heterocycles. The van der Waals surface area contributed by atoms with Gasteiger partial charge in [0.05, 0.1) is 0 Å². The maximum Gasteiger partial charge on any atom is 0.325 e. The fourth-order valence-electron chi connectivity index (χ4n) is 0.795. The van der Waals surface area contributed by atoms with Crippen LogP contribution in [0.4, 0.5) is 4.79 Å². The van der Waals surface area contributed by atoms with E-state index in [0.717, 1.165) is 4.90 Å². The Labute approximate surface area is 79.3 Å². The predicted octanol–water partition coefficient (Wildman–Crippen LogP) is 1.27. The number of nitrogens with one attached hydrogen (secondary N) is 1. The molecule has 0 aliphatic heterocycles. The number of hydrogen-bond acceptors (Lipinski definition) is 2. The van der Waals surface area contributed by atoms with Crippen molar-refractivity contribution in [2.75, 3.05) is 0 Å². The van der Waals surface area contributed by atoms with Gasteiger partial charge in [0.25, 0.3) is 0 Å². The second kappa shape index (κ2) is 4.25. The lowest BCUT2D eigenvalue weighted by molar-refractivity contribution is 0.185. The molecule has 0 aliphatic rings. The molecule has 0 aliphatic carbocycles. The zero-order valence-electron chi connectivity index (χ0n) is 8.84. The van der Waals surface area contributed by atoms with Crippen LogP contribution in [0.5, 0.6) is 0 Å². The van der Waals surface area contributed by atoms with Crippen molar-refractivity contribution in [2.24, 2.45) is 0 Å². The number of carbonyl (C=O) groups excluding carboxylic acids is 2. The standard InChI is InChI=1S/C9H17N2O2/c1-7(2)10-8(13)11(6-12)9(3,4)5/h7H,1-5H3,(H,10,13). The average Bonchev–Trinajstić information content (AvgIpc) is 1.82. The Morgan fingerprint density at radius 3 is 2.08 bits per heavy atom. The molecule has 0 saturated carbocycles. The fraction of sp³-hybridized carbons (Fsp3) is 0.778. The molecule has 0 rings (SSSR count). The summed E-state index contributed by atoms with van der Waals surface area (Å²) in [6.45, 7) is 9.00. The average molecular weight is 185 g/mol. The third-order valence-electron chi connectivity index (χ3n) is 1.38. The lowest BCUT2D eigenvalue weighted by Gasteiger charge is -2.29. The van der Waals surface area contributed by atoms with E-state index in [0.29, 0.717) is 0 Å². The highest BCUT2D eigenvalue weighted by Gasteiger charge is 2.26. The third kappa shape index (κ3) is 3.92. The molecule has 75 valence electrons. The van der Waals surface area contributed by atoms with E-state index in [2.05, 4.69) is 5.32 Å². The van der Waals surface area contributed by atoms with Crippen LogP contribution in [0.1, 0.15) is 34.6 Å². The van der Waals surface area contributed by atoms with Crippen LogP contribution in [0.25, 0.3) is 0 Å². The second-order valence-electron chi connectivity index (χ2n) is 4.20. The number of hydrogen-bond donors (Lipinski definition) is 1. The summed E-state index contributed by atoms with van der Waals surface area (Å²) in [6.07, 6.45) is 1.62. The minimum Gasteiger partial charge on any atom is -0.335 e. The molecule has 0 heterocycles. The Morgan fingerprint density at radius 2 is 1.85 bits per heavy atom. The summed E-state index contributed by atoms with van der Waals surface area (Å²) < 4.78 is 0. The van der Waals surface area contributed by atoms with E-state index in [1.807, 2.05) is 13.8 Å². The van der Waals surface area contributed by atoms with Crippen molar-refractivity contribution in [3.8, 4) is 0 Å². The van der Waals surface area contributed by atoms with Gasteiger partial charge in [0, 0.05) is 11.6 Å². The molecule has 4 heteroatoms. The number of amides is 3. The summed E-state index contributed by atoms with van der Waals surface area (Å²) in [5, 5.41) is 2.62. The predicted molar refractivity (Wildman–Crippen MR) is 51.0 cm³/mol. The lowest BCUT2D eigenvalue weighted by atomic mass is 10.1. The van der Waals surface area contributed by atoms with Crippen molar-refractivity contribution in [2.45, 2.75) is 46.2 Å². The highest BCUT2D eigenvalue weighted by Crippen LogP contribution is 2.10. The first-order valence-corrected chi connectivity index (χ1v) is 4.27. The van der Waals surface area contributed by atoms with Gasteiger partial charge in [-0.2, -0.15) is 0 Å². The summed E-state index contributed by atoms with van der Waals surface area (Å²) in [5.41, 5.74) is -0.527. The smallest absolute Gasteiger partial charge is 0.325 e. The van der Waals surface area contributed by atoms with Gasteiger partial charge in [-0.3, -0.25) is 9.69 Å². The van der Waals surface area contributed by atoms with Crippen LogP contribution in [0.15, 0.2) is 0 Å². The molecule has 0 fully saturated rings. The summed E-state index contributed by atoms with van der Waals surface area (Å²) in [4.78, 5) is 22.9. The van der Waals surface area contributed by atoms with Crippen LogP contribution in [0.3, 0.4) is 0 Å². The number of imide groups is 1. The zero-order valence-corrected chi connectivity index (χ0v) is 8.84. The van der Waals surface area contributed by atoms with Gasteiger partial charge in [0.1, 0.15) is 0 Å². The quantitative estimate of drug-likeness (QED) is 0.659. The molecular weight excluding hydrogens is 168 g/mol. The van der Waals surface area contributed by atoms with Gasteiger partial charge in [-0.15, -0.1) is 0 Å². The third-order valence-corrected chi connectivity index (χ3v) is 1.38. The summed E-state index contributed by atoms with van der Waals surface area (Å²) in [6, 6.07) is -0.386. The van der Waals surface area contributed by atoms with E-state index in [1.54, 1.807) is 27.2 Å². The molecule has 0 unspecified atom stereocenters. The first-order chi connectivity index (χ1) is 5.79. The second-order valence-corrected chi connectivity index (χ2v) is 4.20. The Bertz CT molecular complexity index is 194. The van der Waals surface area contributed by atoms with Gasteiger partial charge in [0.2, 0.25) is 0 Å². The maximum absolute atomic E-state index is 11.4. The van der Waals surface area contributed by atoms with Gasteiger partial charge in [-0.05, 0) is 34.6 Å². The topological polar surface area (TPSA) is 49.4 Å². The molecule has 1 radical (unpaired) electrons.